The SMILES string of the molecule is CCOC(=O)CSc1cc(Cl)c(C(F)(F)F)cc1[N+](=O)[O-]. The van der Waals surface area contributed by atoms with Gasteiger partial charge >= 0.3 is 12.1 Å². The van der Waals surface area contributed by atoms with Crippen LogP contribution >= 0.6 is 23.4 Å². The first-order valence-electron chi connectivity index (χ1n) is 5.50. The number of ether oxygens (including phenoxy) is 1. The Kier molecular flexibility index (Phi) is 5.85. The Bertz CT molecular complexity index is 565. The Morgan fingerprint density at radius 1 is 1.48 bits per heavy atom. The number of carbonyl (C=O) groups is 1. The van der Waals surface area contributed by atoms with E-state index < -0.39 is 33.3 Å². The van der Waals surface area contributed by atoms with Gasteiger partial charge in [-0.2, -0.15) is 13.2 Å². The van der Waals surface area contributed by atoms with Crippen molar-refractivity contribution in [1.82, 2.24) is 0 Å². The summed E-state index contributed by atoms with van der Waals surface area (Å²) in [4.78, 5) is 20.9. The first-order chi connectivity index (χ1) is 9.66. The molecule has 0 fully saturated rings. The fraction of sp³-hybridized carbons (Fsp3) is 0.364. The topological polar surface area (TPSA) is 69.4 Å². The first kappa shape index (κ1) is 17.6. The molecule has 1 aromatic carbocycles. The zero-order chi connectivity index (χ0) is 16.2. The Morgan fingerprint density at radius 3 is 2.57 bits per heavy atom. The zero-order valence-corrected chi connectivity index (χ0v) is 12.1. The smallest absolute Gasteiger partial charge is 0.418 e. The van der Waals surface area contributed by atoms with Gasteiger partial charge in [0.15, 0.2) is 0 Å². The van der Waals surface area contributed by atoms with E-state index in [2.05, 4.69) is 4.74 Å². The highest BCUT2D eigenvalue weighted by molar-refractivity contribution is 8.00. The van der Waals surface area contributed by atoms with Crippen LogP contribution in [0.4, 0.5) is 18.9 Å². The number of hydrogen-bond donors (Lipinski definition) is 0. The lowest BCUT2D eigenvalue weighted by atomic mass is 10.2. The van der Waals surface area contributed by atoms with E-state index in [1.54, 1.807) is 6.92 Å². The Hall–Kier alpha value is -1.48. The normalized spacial score (nSPS) is 11.3. The third-order valence-electron chi connectivity index (χ3n) is 2.20. The molecule has 0 spiro atoms. The second kappa shape index (κ2) is 6.99. The third-order valence-corrected chi connectivity index (χ3v) is 3.53. The maximum Gasteiger partial charge on any atom is 0.418 e. The largest absolute Gasteiger partial charge is 0.465 e. The minimum absolute atomic E-state index is 0.133. The van der Waals surface area contributed by atoms with Gasteiger partial charge in [-0.25, -0.2) is 0 Å². The summed E-state index contributed by atoms with van der Waals surface area (Å²) < 4.78 is 42.6. The number of rotatable bonds is 5. The van der Waals surface area contributed by atoms with E-state index in [4.69, 9.17) is 11.6 Å². The van der Waals surface area contributed by atoms with E-state index in [9.17, 15) is 28.1 Å². The van der Waals surface area contributed by atoms with Gasteiger partial charge in [-0.1, -0.05) is 11.6 Å². The molecule has 0 atom stereocenters. The number of thioether (sulfide) groups is 1. The average molecular weight is 344 g/mol. The number of nitro benzene ring substituents is 1. The van der Waals surface area contributed by atoms with Gasteiger partial charge in [0.2, 0.25) is 0 Å². The van der Waals surface area contributed by atoms with Crippen molar-refractivity contribution in [2.75, 3.05) is 12.4 Å². The molecule has 1 aromatic rings. The van der Waals surface area contributed by atoms with Crippen LogP contribution in [0.25, 0.3) is 0 Å². The molecule has 0 aliphatic carbocycles. The number of carbonyl (C=O) groups excluding carboxylic acids is 1. The predicted molar refractivity (Wildman–Crippen MR) is 70.5 cm³/mol. The molecule has 0 heterocycles. The highest BCUT2D eigenvalue weighted by atomic mass is 35.5. The monoisotopic (exact) mass is 343 g/mol. The van der Waals surface area contributed by atoms with E-state index >= 15 is 0 Å². The lowest BCUT2D eigenvalue weighted by molar-refractivity contribution is -0.388. The summed E-state index contributed by atoms with van der Waals surface area (Å²) in [6, 6.07) is 1.18. The minimum Gasteiger partial charge on any atom is -0.465 e. The van der Waals surface area contributed by atoms with Crippen LogP contribution in [0.2, 0.25) is 5.02 Å². The lowest BCUT2D eigenvalue weighted by Crippen LogP contribution is -2.09. The maximum atomic E-state index is 12.7. The van der Waals surface area contributed by atoms with Crippen LogP contribution in [-0.4, -0.2) is 23.3 Å². The summed E-state index contributed by atoms with van der Waals surface area (Å²) in [7, 11) is 0. The summed E-state index contributed by atoms with van der Waals surface area (Å²) in [6.45, 7) is 1.72. The molecule has 0 aliphatic heterocycles. The summed E-state index contributed by atoms with van der Waals surface area (Å²) in [5.41, 5.74) is -2.06. The van der Waals surface area contributed by atoms with E-state index in [1.807, 2.05) is 0 Å². The van der Waals surface area contributed by atoms with Gasteiger partial charge in [-0.3, -0.25) is 14.9 Å². The van der Waals surface area contributed by atoms with E-state index in [-0.39, 0.29) is 17.3 Å². The number of halogens is 4. The van der Waals surface area contributed by atoms with Crippen molar-refractivity contribution in [3.05, 3.63) is 32.8 Å². The van der Waals surface area contributed by atoms with Crippen molar-refractivity contribution < 1.29 is 27.6 Å². The number of hydrogen-bond acceptors (Lipinski definition) is 5. The number of nitrogens with zero attached hydrogens (tertiary/aromatic N) is 1. The third kappa shape index (κ3) is 4.78. The Morgan fingerprint density at radius 2 is 2.10 bits per heavy atom. The van der Waals surface area contributed by atoms with Crippen LogP contribution < -0.4 is 0 Å². The Balaban J connectivity index is 3.12. The van der Waals surface area contributed by atoms with Gasteiger partial charge in [0, 0.05) is 6.07 Å². The van der Waals surface area contributed by atoms with Gasteiger partial charge in [0.05, 0.1) is 32.8 Å². The zero-order valence-electron chi connectivity index (χ0n) is 10.6. The molecule has 21 heavy (non-hydrogen) atoms. The highest BCUT2D eigenvalue weighted by Crippen LogP contribution is 2.41. The number of nitro groups is 1. The fourth-order valence-corrected chi connectivity index (χ4v) is 2.53. The second-order valence-corrected chi connectivity index (χ2v) is 5.07. The van der Waals surface area contributed by atoms with Gasteiger partial charge in [0.1, 0.15) is 0 Å². The lowest BCUT2D eigenvalue weighted by Gasteiger charge is -2.11. The molecule has 116 valence electrons. The minimum atomic E-state index is -4.80. The molecule has 0 aromatic heterocycles. The maximum absolute atomic E-state index is 12.7. The molecular formula is C11H9ClF3NO4S. The molecule has 0 saturated heterocycles. The molecule has 0 saturated carbocycles. The van der Waals surface area contributed by atoms with E-state index in [1.165, 1.54) is 0 Å². The Labute approximate surface area is 126 Å². The van der Waals surface area contributed by atoms with Crippen molar-refractivity contribution >= 4 is 35.0 Å². The molecule has 0 bridgehead atoms. The molecule has 0 N–H and O–H groups in total. The summed E-state index contributed by atoms with van der Waals surface area (Å²) in [6.07, 6.45) is -4.80. The fourth-order valence-electron chi connectivity index (χ4n) is 1.36. The summed E-state index contributed by atoms with van der Waals surface area (Å²) in [5.74, 6) is -0.899. The molecule has 5 nitrogen and oxygen atoms in total. The molecule has 0 aliphatic rings. The first-order valence-corrected chi connectivity index (χ1v) is 6.86. The van der Waals surface area contributed by atoms with Crippen LogP contribution in [0, 0.1) is 10.1 Å². The summed E-state index contributed by atoms with van der Waals surface area (Å²) >= 11 is 6.18. The highest BCUT2D eigenvalue weighted by Gasteiger charge is 2.36. The molecule has 0 amide bonds. The van der Waals surface area contributed by atoms with Crippen LogP contribution in [0.15, 0.2) is 17.0 Å². The second-order valence-electron chi connectivity index (χ2n) is 3.65. The molecule has 1 rings (SSSR count). The van der Waals surface area contributed by atoms with Gasteiger partial charge in [0.25, 0.3) is 5.69 Å². The van der Waals surface area contributed by atoms with Crippen molar-refractivity contribution in [3.63, 3.8) is 0 Å². The molecular weight excluding hydrogens is 335 g/mol. The molecule has 0 radical (unpaired) electrons. The van der Waals surface area contributed by atoms with Crippen LogP contribution in [0.5, 0.6) is 0 Å². The number of esters is 1. The van der Waals surface area contributed by atoms with Crippen LogP contribution in [0.1, 0.15) is 12.5 Å². The van der Waals surface area contributed by atoms with Crippen molar-refractivity contribution in [2.45, 2.75) is 18.0 Å². The molecule has 0 unspecified atom stereocenters. The van der Waals surface area contributed by atoms with Crippen LogP contribution in [0.3, 0.4) is 0 Å². The summed E-state index contributed by atoms with van der Waals surface area (Å²) in [5, 5.41) is 10.2. The van der Waals surface area contributed by atoms with E-state index in [0.717, 1.165) is 6.07 Å². The van der Waals surface area contributed by atoms with Crippen molar-refractivity contribution in [3.8, 4) is 0 Å². The standard InChI is InChI=1S/C11H9ClF3NO4S/c1-2-20-10(17)5-21-9-4-7(12)6(11(13,14)15)3-8(9)16(18)19/h3-4H,2,5H2,1H3. The van der Waals surface area contributed by atoms with Crippen molar-refractivity contribution in [2.24, 2.45) is 0 Å². The van der Waals surface area contributed by atoms with Gasteiger partial charge in [-0.15, -0.1) is 11.8 Å². The quantitative estimate of drug-likeness (QED) is 0.351. The number of alkyl halides is 3. The molecule has 10 heteroatoms. The van der Waals surface area contributed by atoms with Crippen molar-refractivity contribution in [1.29, 1.82) is 0 Å². The number of benzene rings is 1. The van der Waals surface area contributed by atoms with Gasteiger partial charge < -0.3 is 4.74 Å². The van der Waals surface area contributed by atoms with E-state index in [0.29, 0.717) is 17.8 Å². The predicted octanol–water partition coefficient (Wildman–Crippen LogP) is 3.92. The van der Waals surface area contributed by atoms with Gasteiger partial charge in [-0.05, 0) is 13.0 Å². The average Bonchev–Trinajstić information content (AvgIpc) is 2.34. The van der Waals surface area contributed by atoms with Crippen LogP contribution in [-0.2, 0) is 15.7 Å².